The zero-order valence-corrected chi connectivity index (χ0v) is 15.1. The largest absolute Gasteiger partial charge is 0.356 e. The summed E-state index contributed by atoms with van der Waals surface area (Å²) in [5.41, 5.74) is 6.19. The summed E-state index contributed by atoms with van der Waals surface area (Å²) >= 11 is 0. The molecule has 3 N–H and O–H groups in total. The Kier molecular flexibility index (Phi) is 4.26. The number of aromatic nitrogens is 3. The second-order valence-electron chi connectivity index (χ2n) is 7.13. The van der Waals surface area contributed by atoms with Gasteiger partial charge in [-0.2, -0.15) is 5.10 Å². The van der Waals surface area contributed by atoms with Crippen LogP contribution >= 0.6 is 0 Å². The molecule has 0 fully saturated rings. The normalized spacial score (nSPS) is 16.7. The highest BCUT2D eigenvalue weighted by Crippen LogP contribution is 2.35. The SMILES string of the molecule is Cc1n[nH]c(C)c1CCC(=O)N[C@@H]1CCCc2c1[nH]c1ccc(F)cc21. The second-order valence-corrected chi connectivity index (χ2v) is 7.13. The molecule has 2 heterocycles. The molecule has 1 atom stereocenters. The zero-order valence-electron chi connectivity index (χ0n) is 15.1. The number of nitrogens with zero attached hydrogens (tertiary/aromatic N) is 1. The number of halogens is 1. The predicted octanol–water partition coefficient (Wildman–Crippen LogP) is 3.77. The van der Waals surface area contributed by atoms with Gasteiger partial charge in [-0.25, -0.2) is 4.39 Å². The summed E-state index contributed by atoms with van der Waals surface area (Å²) in [5, 5.41) is 11.2. The lowest BCUT2D eigenvalue weighted by atomic mass is 9.91. The third-order valence-corrected chi connectivity index (χ3v) is 5.39. The first-order chi connectivity index (χ1) is 12.5. The number of aromatic amines is 2. The van der Waals surface area contributed by atoms with Crippen molar-refractivity contribution in [2.24, 2.45) is 0 Å². The van der Waals surface area contributed by atoms with Crippen LogP contribution in [0.2, 0.25) is 0 Å². The van der Waals surface area contributed by atoms with Gasteiger partial charge < -0.3 is 10.3 Å². The van der Waals surface area contributed by atoms with Crippen LogP contribution in [0.15, 0.2) is 18.2 Å². The van der Waals surface area contributed by atoms with Gasteiger partial charge in [0.05, 0.1) is 11.7 Å². The molecule has 1 aromatic carbocycles. The molecular formula is C20H23FN4O. The van der Waals surface area contributed by atoms with Crippen molar-refractivity contribution in [3.8, 4) is 0 Å². The molecule has 6 heteroatoms. The zero-order chi connectivity index (χ0) is 18.3. The quantitative estimate of drug-likeness (QED) is 0.667. The highest BCUT2D eigenvalue weighted by atomic mass is 19.1. The van der Waals surface area contributed by atoms with Crippen molar-refractivity contribution in [1.29, 1.82) is 0 Å². The van der Waals surface area contributed by atoms with Crippen molar-refractivity contribution >= 4 is 16.8 Å². The molecule has 1 amide bonds. The molecule has 0 radical (unpaired) electrons. The van der Waals surface area contributed by atoms with E-state index in [-0.39, 0.29) is 17.8 Å². The second kappa shape index (κ2) is 6.59. The lowest BCUT2D eigenvalue weighted by Crippen LogP contribution is -2.31. The fraction of sp³-hybridized carbons (Fsp3) is 0.400. The van der Waals surface area contributed by atoms with Crippen molar-refractivity contribution in [3.63, 3.8) is 0 Å². The lowest BCUT2D eigenvalue weighted by molar-refractivity contribution is -0.121. The minimum atomic E-state index is -0.226. The van der Waals surface area contributed by atoms with E-state index in [9.17, 15) is 9.18 Å². The molecule has 1 aliphatic carbocycles. The van der Waals surface area contributed by atoms with Gasteiger partial charge in [0.15, 0.2) is 0 Å². The number of hydrogen-bond donors (Lipinski definition) is 3. The van der Waals surface area contributed by atoms with Crippen LogP contribution in [0.4, 0.5) is 4.39 Å². The summed E-state index contributed by atoms with van der Waals surface area (Å²) < 4.78 is 13.6. The highest BCUT2D eigenvalue weighted by molar-refractivity contribution is 5.85. The Morgan fingerprint density at radius 2 is 2.23 bits per heavy atom. The van der Waals surface area contributed by atoms with E-state index in [4.69, 9.17) is 0 Å². The summed E-state index contributed by atoms with van der Waals surface area (Å²) in [4.78, 5) is 15.9. The number of fused-ring (bicyclic) bond motifs is 3. The first-order valence-electron chi connectivity index (χ1n) is 9.12. The average molecular weight is 354 g/mol. The van der Waals surface area contributed by atoms with Gasteiger partial charge in [-0.1, -0.05) is 0 Å². The molecule has 136 valence electrons. The highest BCUT2D eigenvalue weighted by Gasteiger charge is 2.25. The van der Waals surface area contributed by atoms with Gasteiger partial charge in [0.25, 0.3) is 0 Å². The van der Waals surface area contributed by atoms with Crippen LogP contribution < -0.4 is 5.32 Å². The van der Waals surface area contributed by atoms with Crippen molar-refractivity contribution in [1.82, 2.24) is 20.5 Å². The fourth-order valence-corrected chi connectivity index (χ4v) is 4.03. The number of carbonyl (C=O) groups is 1. The minimum absolute atomic E-state index is 0.0340. The Bertz CT molecular complexity index is 952. The van der Waals surface area contributed by atoms with E-state index in [1.165, 1.54) is 6.07 Å². The van der Waals surface area contributed by atoms with Gasteiger partial charge in [-0.15, -0.1) is 0 Å². The molecule has 0 unspecified atom stereocenters. The van der Waals surface area contributed by atoms with E-state index >= 15 is 0 Å². The minimum Gasteiger partial charge on any atom is -0.356 e. The molecule has 1 aliphatic rings. The van der Waals surface area contributed by atoms with Crippen molar-refractivity contribution in [2.45, 2.75) is 52.0 Å². The number of rotatable bonds is 4. The number of nitrogens with one attached hydrogen (secondary N) is 3. The number of aryl methyl sites for hydroxylation is 3. The molecule has 26 heavy (non-hydrogen) atoms. The molecule has 0 aliphatic heterocycles. The number of hydrogen-bond acceptors (Lipinski definition) is 2. The van der Waals surface area contributed by atoms with Gasteiger partial charge in [0.1, 0.15) is 5.82 Å². The van der Waals surface area contributed by atoms with Crippen LogP contribution in [0.3, 0.4) is 0 Å². The standard InChI is InChI=1S/C20H23FN4O/c1-11-14(12(2)25-24-11)7-9-19(26)22-18-5-3-4-15-16-10-13(21)6-8-17(16)23-20(15)18/h6,8,10,18,23H,3-5,7,9H2,1-2H3,(H,22,26)(H,24,25)/t18-/m1/s1. The van der Waals surface area contributed by atoms with Gasteiger partial charge >= 0.3 is 0 Å². The Hall–Kier alpha value is -2.63. The van der Waals surface area contributed by atoms with Crippen LogP contribution in [-0.4, -0.2) is 21.1 Å². The topological polar surface area (TPSA) is 73.6 Å². The Labute approximate surface area is 151 Å². The van der Waals surface area contributed by atoms with Gasteiger partial charge in [-0.05, 0) is 68.9 Å². The summed E-state index contributed by atoms with van der Waals surface area (Å²) in [6.07, 6.45) is 3.91. The summed E-state index contributed by atoms with van der Waals surface area (Å²) in [6.45, 7) is 3.93. The van der Waals surface area contributed by atoms with Crippen molar-refractivity contribution < 1.29 is 9.18 Å². The lowest BCUT2D eigenvalue weighted by Gasteiger charge is -2.24. The van der Waals surface area contributed by atoms with Crippen LogP contribution in [0.25, 0.3) is 10.9 Å². The average Bonchev–Trinajstić information content (AvgIpc) is 3.14. The number of carbonyl (C=O) groups excluding carboxylic acids is 1. The maximum absolute atomic E-state index is 13.6. The molecule has 0 saturated carbocycles. The Morgan fingerprint density at radius 1 is 1.38 bits per heavy atom. The van der Waals surface area contributed by atoms with E-state index in [0.717, 1.165) is 58.4 Å². The molecule has 0 saturated heterocycles. The monoisotopic (exact) mass is 354 g/mol. The van der Waals surface area contributed by atoms with E-state index in [1.54, 1.807) is 12.1 Å². The van der Waals surface area contributed by atoms with Gasteiger partial charge in [0, 0.05) is 28.7 Å². The number of amides is 1. The predicted molar refractivity (Wildman–Crippen MR) is 98.5 cm³/mol. The maximum Gasteiger partial charge on any atom is 0.220 e. The van der Waals surface area contributed by atoms with E-state index in [2.05, 4.69) is 20.5 Å². The Balaban J connectivity index is 1.49. The molecule has 0 bridgehead atoms. The van der Waals surface area contributed by atoms with Crippen molar-refractivity contribution in [3.05, 3.63) is 52.2 Å². The van der Waals surface area contributed by atoms with Crippen LogP contribution in [-0.2, 0) is 17.6 Å². The molecule has 3 aromatic rings. The third-order valence-electron chi connectivity index (χ3n) is 5.39. The van der Waals surface area contributed by atoms with Crippen LogP contribution in [0, 0.1) is 19.7 Å². The van der Waals surface area contributed by atoms with E-state index in [0.29, 0.717) is 12.8 Å². The summed E-state index contributed by atoms with van der Waals surface area (Å²) in [7, 11) is 0. The van der Waals surface area contributed by atoms with Crippen LogP contribution in [0.5, 0.6) is 0 Å². The van der Waals surface area contributed by atoms with Crippen LogP contribution in [0.1, 0.15) is 53.5 Å². The fourth-order valence-electron chi connectivity index (χ4n) is 4.03. The van der Waals surface area contributed by atoms with Crippen molar-refractivity contribution in [2.75, 3.05) is 0 Å². The first kappa shape index (κ1) is 16.8. The number of benzene rings is 1. The molecule has 4 rings (SSSR count). The summed E-state index contributed by atoms with van der Waals surface area (Å²) in [5.74, 6) is -0.191. The maximum atomic E-state index is 13.6. The molecule has 5 nitrogen and oxygen atoms in total. The number of H-pyrrole nitrogens is 2. The molecule has 2 aromatic heterocycles. The van der Waals surface area contributed by atoms with Gasteiger partial charge in [0.2, 0.25) is 5.91 Å². The summed E-state index contributed by atoms with van der Waals surface area (Å²) in [6, 6.07) is 4.78. The Morgan fingerprint density at radius 3 is 3.00 bits per heavy atom. The molecule has 0 spiro atoms. The smallest absolute Gasteiger partial charge is 0.220 e. The van der Waals surface area contributed by atoms with E-state index in [1.807, 2.05) is 13.8 Å². The third kappa shape index (κ3) is 3.00. The first-order valence-corrected chi connectivity index (χ1v) is 9.12. The molecular weight excluding hydrogens is 331 g/mol. The van der Waals surface area contributed by atoms with Gasteiger partial charge in [-0.3, -0.25) is 9.89 Å². The van der Waals surface area contributed by atoms with E-state index < -0.39 is 0 Å².